The molecule has 0 aliphatic carbocycles. The average molecular weight is 478 g/mol. The molecule has 2 aromatic heterocycles. The minimum absolute atomic E-state index is 0. The summed E-state index contributed by atoms with van der Waals surface area (Å²) in [5.74, 6) is 0. The Hall–Kier alpha value is -2.16. The van der Waals surface area contributed by atoms with Crippen LogP contribution in [0.2, 0.25) is 0 Å². The van der Waals surface area contributed by atoms with E-state index in [9.17, 15) is 0 Å². The summed E-state index contributed by atoms with van der Waals surface area (Å²) in [6.45, 7) is 5.60. The van der Waals surface area contributed by atoms with Gasteiger partial charge in [-0.3, -0.25) is 10.3 Å². The second-order valence-electron chi connectivity index (χ2n) is 7.05. The number of aromatic nitrogens is 2. The molecule has 1 N–H and O–H groups in total. The number of ether oxygens (including phenoxy) is 1. The number of hydrogen-bond donors (Lipinski definition) is 1. The minimum Gasteiger partial charge on any atom is -0.379 e. The van der Waals surface area contributed by atoms with Gasteiger partial charge in [-0.25, -0.2) is 4.98 Å². The van der Waals surface area contributed by atoms with Crippen LogP contribution >= 0.6 is 36.2 Å². The molecule has 164 valence electrons. The Labute approximate surface area is 197 Å². The number of anilines is 1. The summed E-state index contributed by atoms with van der Waals surface area (Å²) < 4.78 is 7.91. The van der Waals surface area contributed by atoms with Crippen LogP contribution in [-0.4, -0.2) is 47.3 Å². The number of nitrogens with one attached hydrogen (secondary N) is 1. The van der Waals surface area contributed by atoms with Crippen molar-refractivity contribution >= 4 is 63.1 Å². The molecule has 0 bridgehead atoms. The van der Waals surface area contributed by atoms with Crippen LogP contribution in [0, 0.1) is 0 Å². The van der Waals surface area contributed by atoms with Crippen molar-refractivity contribution in [2.75, 3.05) is 38.3 Å². The SMILES string of the molecule is Cl.Cl.c1ccc2c(c1)c(=NNc1nccs1)c1ccccc1n2CCN1CCOCC1. The number of fused-ring (bicyclic) bond motifs is 2. The Kier molecular flexibility index (Phi) is 8.28. The highest BCUT2D eigenvalue weighted by Gasteiger charge is 2.13. The fourth-order valence-electron chi connectivity index (χ4n) is 3.90. The zero-order valence-corrected chi connectivity index (χ0v) is 19.4. The largest absolute Gasteiger partial charge is 0.379 e. The van der Waals surface area contributed by atoms with Crippen LogP contribution in [0.25, 0.3) is 21.8 Å². The van der Waals surface area contributed by atoms with E-state index < -0.39 is 0 Å². The van der Waals surface area contributed by atoms with E-state index in [1.165, 1.54) is 11.0 Å². The highest BCUT2D eigenvalue weighted by molar-refractivity contribution is 7.13. The van der Waals surface area contributed by atoms with Crippen molar-refractivity contribution in [3.05, 3.63) is 65.5 Å². The third-order valence-corrected chi connectivity index (χ3v) is 6.02. The second-order valence-corrected chi connectivity index (χ2v) is 7.94. The van der Waals surface area contributed by atoms with Gasteiger partial charge < -0.3 is 9.30 Å². The summed E-state index contributed by atoms with van der Waals surface area (Å²) in [5, 5.41) is 10.7. The average Bonchev–Trinajstić information content (AvgIpc) is 3.30. The second kappa shape index (κ2) is 10.9. The molecule has 0 saturated carbocycles. The van der Waals surface area contributed by atoms with Crippen molar-refractivity contribution in [1.29, 1.82) is 0 Å². The first-order valence-electron chi connectivity index (χ1n) is 9.90. The number of hydrogen-bond acceptors (Lipinski definition) is 6. The van der Waals surface area contributed by atoms with Gasteiger partial charge in [0.25, 0.3) is 0 Å². The number of nitrogens with zero attached hydrogens (tertiary/aromatic N) is 4. The Balaban J connectivity index is 0.00000136. The topological polar surface area (TPSA) is 54.7 Å². The van der Waals surface area contributed by atoms with E-state index in [4.69, 9.17) is 9.84 Å². The molecule has 3 heterocycles. The summed E-state index contributed by atoms with van der Waals surface area (Å²) in [6.07, 6.45) is 1.78. The molecule has 1 aliphatic rings. The molecule has 0 atom stereocenters. The minimum atomic E-state index is 0. The van der Waals surface area contributed by atoms with Gasteiger partial charge >= 0.3 is 0 Å². The predicted octanol–water partition coefficient (Wildman–Crippen LogP) is 4.35. The highest BCUT2D eigenvalue weighted by Crippen LogP contribution is 2.20. The van der Waals surface area contributed by atoms with E-state index in [2.05, 4.69) is 68.4 Å². The number of morpholine rings is 1. The molecular weight excluding hydrogens is 453 g/mol. The van der Waals surface area contributed by atoms with Crippen molar-refractivity contribution in [3.63, 3.8) is 0 Å². The van der Waals surface area contributed by atoms with Crippen LogP contribution in [0.4, 0.5) is 5.13 Å². The number of rotatable bonds is 5. The molecule has 0 unspecified atom stereocenters. The van der Waals surface area contributed by atoms with E-state index in [0.717, 1.165) is 60.7 Å². The van der Waals surface area contributed by atoms with Gasteiger partial charge in [-0.05, 0) is 12.1 Å². The molecule has 0 amide bonds. The lowest BCUT2D eigenvalue weighted by atomic mass is 10.1. The smallest absolute Gasteiger partial charge is 0.203 e. The van der Waals surface area contributed by atoms with E-state index in [0.29, 0.717) is 0 Å². The van der Waals surface area contributed by atoms with Crippen LogP contribution in [0.3, 0.4) is 0 Å². The summed E-state index contributed by atoms with van der Waals surface area (Å²) >= 11 is 1.54. The van der Waals surface area contributed by atoms with Crippen LogP contribution in [0.1, 0.15) is 0 Å². The van der Waals surface area contributed by atoms with Gasteiger partial charge in [-0.15, -0.1) is 36.2 Å². The predicted molar refractivity (Wildman–Crippen MR) is 132 cm³/mol. The van der Waals surface area contributed by atoms with Crippen LogP contribution in [-0.2, 0) is 11.3 Å². The Morgan fingerprint density at radius 2 is 1.58 bits per heavy atom. The van der Waals surface area contributed by atoms with E-state index in [1.807, 2.05) is 5.38 Å². The molecule has 2 aromatic carbocycles. The number of benzene rings is 2. The van der Waals surface area contributed by atoms with Crippen molar-refractivity contribution in [2.24, 2.45) is 5.10 Å². The molecule has 0 spiro atoms. The number of para-hydroxylation sites is 2. The van der Waals surface area contributed by atoms with E-state index in [1.54, 1.807) is 17.5 Å². The van der Waals surface area contributed by atoms with Crippen LogP contribution in [0.15, 0.2) is 65.2 Å². The highest BCUT2D eigenvalue weighted by atomic mass is 35.5. The zero-order chi connectivity index (χ0) is 19.5. The Morgan fingerprint density at radius 3 is 2.19 bits per heavy atom. The number of pyridine rings is 1. The van der Waals surface area contributed by atoms with Gasteiger partial charge in [0.05, 0.1) is 24.2 Å². The van der Waals surface area contributed by atoms with Gasteiger partial charge in [-0.2, -0.15) is 5.10 Å². The summed E-state index contributed by atoms with van der Waals surface area (Å²) in [6, 6.07) is 17.0. The fraction of sp³-hybridized carbons (Fsp3) is 0.273. The lowest BCUT2D eigenvalue weighted by molar-refractivity contribution is 0.0366. The molecule has 9 heteroatoms. The zero-order valence-electron chi connectivity index (χ0n) is 16.9. The molecule has 1 saturated heterocycles. The number of halogens is 2. The van der Waals surface area contributed by atoms with Crippen molar-refractivity contribution in [3.8, 4) is 0 Å². The summed E-state index contributed by atoms with van der Waals surface area (Å²) in [4.78, 5) is 6.76. The molecule has 1 aliphatic heterocycles. The lowest BCUT2D eigenvalue weighted by Crippen LogP contribution is -2.38. The molecule has 5 rings (SSSR count). The van der Waals surface area contributed by atoms with Gasteiger partial charge in [0, 0.05) is 48.5 Å². The molecule has 1 fully saturated rings. The number of thiazole rings is 1. The molecule has 4 aromatic rings. The van der Waals surface area contributed by atoms with Gasteiger partial charge in [0.2, 0.25) is 5.13 Å². The molecule has 6 nitrogen and oxygen atoms in total. The maximum absolute atomic E-state index is 5.49. The van der Waals surface area contributed by atoms with Gasteiger partial charge in [0.15, 0.2) is 0 Å². The normalized spacial score (nSPS) is 14.1. The van der Waals surface area contributed by atoms with Crippen molar-refractivity contribution < 1.29 is 4.74 Å². The Bertz CT molecular complexity index is 1130. The lowest BCUT2D eigenvalue weighted by Gasteiger charge is -2.27. The van der Waals surface area contributed by atoms with Crippen molar-refractivity contribution in [2.45, 2.75) is 6.54 Å². The van der Waals surface area contributed by atoms with E-state index in [-0.39, 0.29) is 24.8 Å². The molecule has 31 heavy (non-hydrogen) atoms. The van der Waals surface area contributed by atoms with Crippen LogP contribution in [0.5, 0.6) is 0 Å². The summed E-state index contributed by atoms with van der Waals surface area (Å²) in [7, 11) is 0. The van der Waals surface area contributed by atoms with E-state index >= 15 is 0 Å². The third-order valence-electron chi connectivity index (χ3n) is 5.34. The Morgan fingerprint density at radius 1 is 0.935 bits per heavy atom. The van der Waals surface area contributed by atoms with Gasteiger partial charge in [-0.1, -0.05) is 36.4 Å². The monoisotopic (exact) mass is 477 g/mol. The first kappa shape index (κ1) is 23.5. The fourth-order valence-corrected chi connectivity index (χ4v) is 4.37. The third kappa shape index (κ3) is 5.02. The first-order valence-corrected chi connectivity index (χ1v) is 10.8. The van der Waals surface area contributed by atoms with Crippen molar-refractivity contribution in [1.82, 2.24) is 14.5 Å². The maximum Gasteiger partial charge on any atom is 0.203 e. The molecular formula is C22H25Cl2N5OS. The molecule has 0 radical (unpaired) electrons. The first-order chi connectivity index (χ1) is 14.4. The maximum atomic E-state index is 5.49. The standard InChI is InChI=1S/C22H23N5OS.2ClH/c1-3-7-19-17(5-1)21(24-25-22-23-9-16-29-22)18-6-2-4-8-20(18)27(19)11-10-26-12-14-28-15-13-26;;/h1-9,16H,10-15H2,(H,23,25);2*1H. The van der Waals surface area contributed by atoms with Crippen LogP contribution < -0.4 is 10.8 Å². The van der Waals surface area contributed by atoms with Gasteiger partial charge in [0.1, 0.15) is 5.36 Å². The summed E-state index contributed by atoms with van der Waals surface area (Å²) in [5.41, 5.74) is 5.52. The quantitative estimate of drug-likeness (QED) is 0.342.